The quantitative estimate of drug-likeness (QED) is 0.694. The Morgan fingerprint density at radius 1 is 1.18 bits per heavy atom. The summed E-state index contributed by atoms with van der Waals surface area (Å²) in [7, 11) is 0. The molecule has 1 aliphatic rings. The molecule has 5 nitrogen and oxygen atoms in total. The molecule has 144 valence electrons. The number of carboxylic acids is 1. The Labute approximate surface area is 162 Å². The van der Waals surface area contributed by atoms with Gasteiger partial charge in [-0.3, -0.25) is 10.00 Å². The highest BCUT2D eigenvalue weighted by atomic mass is 19.1. The van der Waals surface area contributed by atoms with Crippen molar-refractivity contribution in [3.63, 3.8) is 0 Å². The predicted molar refractivity (Wildman–Crippen MR) is 105 cm³/mol. The number of benzene rings is 2. The summed E-state index contributed by atoms with van der Waals surface area (Å²) < 4.78 is 13.2. The maximum absolute atomic E-state index is 13.2. The number of nitrogens with one attached hydrogen (secondary N) is 1. The van der Waals surface area contributed by atoms with Gasteiger partial charge in [0.25, 0.3) is 0 Å². The van der Waals surface area contributed by atoms with E-state index in [1.54, 1.807) is 24.3 Å². The van der Waals surface area contributed by atoms with Gasteiger partial charge in [-0.25, -0.2) is 9.18 Å². The van der Waals surface area contributed by atoms with E-state index in [0.29, 0.717) is 11.5 Å². The number of carboxylic acid groups (broad SMARTS) is 1. The van der Waals surface area contributed by atoms with Gasteiger partial charge in [0, 0.05) is 24.2 Å². The summed E-state index contributed by atoms with van der Waals surface area (Å²) in [5, 5.41) is 16.3. The maximum Gasteiger partial charge on any atom is 0.335 e. The van der Waals surface area contributed by atoms with Gasteiger partial charge in [0.05, 0.1) is 17.5 Å². The molecule has 4 rings (SSSR count). The number of H-pyrrole nitrogens is 1. The first-order chi connectivity index (χ1) is 13.6. The van der Waals surface area contributed by atoms with Gasteiger partial charge < -0.3 is 5.11 Å². The van der Waals surface area contributed by atoms with Gasteiger partial charge in [0.2, 0.25) is 0 Å². The average molecular weight is 379 g/mol. The number of carbonyl (C=O) groups is 1. The van der Waals surface area contributed by atoms with E-state index in [2.05, 4.69) is 15.1 Å². The molecule has 28 heavy (non-hydrogen) atoms. The molecule has 3 aromatic rings. The topological polar surface area (TPSA) is 69.2 Å². The first-order valence-corrected chi connectivity index (χ1v) is 9.44. The van der Waals surface area contributed by atoms with Crippen molar-refractivity contribution >= 4 is 5.97 Å². The van der Waals surface area contributed by atoms with Gasteiger partial charge in [0.1, 0.15) is 5.82 Å². The predicted octanol–water partition coefficient (Wildman–Crippen LogP) is 4.29. The van der Waals surface area contributed by atoms with Crippen LogP contribution >= 0.6 is 0 Å². The van der Waals surface area contributed by atoms with E-state index in [-0.39, 0.29) is 5.82 Å². The number of hydrogen-bond donors (Lipinski definition) is 2. The number of hydrogen-bond acceptors (Lipinski definition) is 3. The lowest BCUT2D eigenvalue weighted by Crippen LogP contribution is -2.33. The zero-order valence-electron chi connectivity index (χ0n) is 15.4. The fraction of sp³-hybridized carbons (Fsp3) is 0.273. The summed E-state index contributed by atoms with van der Waals surface area (Å²) in [6, 6.07) is 13.7. The van der Waals surface area contributed by atoms with Crippen LogP contribution in [0.2, 0.25) is 0 Å². The lowest BCUT2D eigenvalue weighted by Gasteiger charge is -2.33. The molecule has 1 saturated heterocycles. The number of rotatable bonds is 5. The Balaban J connectivity index is 1.47. The molecule has 2 N–H and O–H groups in total. The zero-order valence-corrected chi connectivity index (χ0v) is 15.4. The van der Waals surface area contributed by atoms with Gasteiger partial charge in [-0.2, -0.15) is 5.10 Å². The molecule has 0 amide bonds. The molecule has 1 fully saturated rings. The number of likely N-dealkylation sites (tertiary alicyclic amines) is 1. The fourth-order valence-corrected chi connectivity index (χ4v) is 3.91. The SMILES string of the molecule is O=C(O)c1ccc([C@H]2CCCN(Cc3cn[nH]c3-c3ccc(F)cc3)C2)cc1. The summed E-state index contributed by atoms with van der Waals surface area (Å²) in [5.41, 5.74) is 4.44. The molecule has 0 spiro atoms. The average Bonchev–Trinajstić information content (AvgIpc) is 3.17. The Morgan fingerprint density at radius 2 is 1.93 bits per heavy atom. The summed E-state index contributed by atoms with van der Waals surface area (Å²) in [4.78, 5) is 13.4. The molecule has 0 radical (unpaired) electrons. The van der Waals surface area contributed by atoms with Crippen LogP contribution in [0.5, 0.6) is 0 Å². The fourth-order valence-electron chi connectivity index (χ4n) is 3.91. The summed E-state index contributed by atoms with van der Waals surface area (Å²) in [6.45, 7) is 2.70. The van der Waals surface area contributed by atoms with Gasteiger partial charge in [-0.05, 0) is 67.3 Å². The molecular formula is C22H22FN3O2. The molecule has 2 aromatic carbocycles. The molecule has 0 unspecified atom stereocenters. The van der Waals surface area contributed by atoms with Crippen molar-refractivity contribution < 1.29 is 14.3 Å². The van der Waals surface area contributed by atoms with Gasteiger partial charge >= 0.3 is 5.97 Å². The standard InChI is InChI=1S/C22H22FN3O2/c23-20-9-7-16(8-10-20)21-19(12-24-25-21)14-26-11-1-2-18(13-26)15-3-5-17(6-4-15)22(27)28/h3-10,12,18H,1-2,11,13-14H2,(H,24,25)(H,27,28)/t18-/m0/s1. The smallest absolute Gasteiger partial charge is 0.335 e. The third kappa shape index (κ3) is 3.97. The first kappa shape index (κ1) is 18.4. The monoisotopic (exact) mass is 379 g/mol. The van der Waals surface area contributed by atoms with Crippen molar-refractivity contribution in [2.75, 3.05) is 13.1 Å². The first-order valence-electron chi connectivity index (χ1n) is 9.44. The number of aromatic amines is 1. The normalized spacial score (nSPS) is 17.5. The van der Waals surface area contributed by atoms with E-state index in [4.69, 9.17) is 5.11 Å². The molecule has 0 saturated carbocycles. The second kappa shape index (κ2) is 7.94. The molecule has 1 aliphatic heterocycles. The van der Waals surface area contributed by atoms with E-state index in [1.807, 2.05) is 18.3 Å². The number of aromatic carboxylic acids is 1. The number of aromatic nitrogens is 2. The minimum atomic E-state index is -0.898. The van der Waals surface area contributed by atoms with E-state index in [9.17, 15) is 9.18 Å². The molecule has 0 aliphatic carbocycles. The van der Waals surface area contributed by atoms with Crippen LogP contribution < -0.4 is 0 Å². The number of halogens is 1. The largest absolute Gasteiger partial charge is 0.478 e. The lowest BCUT2D eigenvalue weighted by molar-refractivity contribution is 0.0697. The molecule has 6 heteroatoms. The van der Waals surface area contributed by atoms with Crippen molar-refractivity contribution in [1.82, 2.24) is 15.1 Å². The van der Waals surface area contributed by atoms with Crippen molar-refractivity contribution in [1.29, 1.82) is 0 Å². The third-order valence-corrected chi connectivity index (χ3v) is 5.38. The van der Waals surface area contributed by atoms with E-state index >= 15 is 0 Å². The maximum atomic E-state index is 13.2. The van der Waals surface area contributed by atoms with Crippen molar-refractivity contribution in [3.8, 4) is 11.3 Å². The van der Waals surface area contributed by atoms with E-state index in [0.717, 1.165) is 49.3 Å². The van der Waals surface area contributed by atoms with Crippen molar-refractivity contribution in [2.24, 2.45) is 0 Å². The van der Waals surface area contributed by atoms with Crippen LogP contribution in [0.4, 0.5) is 4.39 Å². The molecule has 1 atom stereocenters. The Kier molecular flexibility index (Phi) is 5.21. The van der Waals surface area contributed by atoms with Crippen LogP contribution in [-0.2, 0) is 6.54 Å². The second-order valence-corrected chi connectivity index (χ2v) is 7.28. The summed E-state index contributed by atoms with van der Waals surface area (Å²) in [5.74, 6) is -0.763. The Bertz CT molecular complexity index is 951. The van der Waals surface area contributed by atoms with Crippen LogP contribution in [0.15, 0.2) is 54.7 Å². The van der Waals surface area contributed by atoms with Crippen LogP contribution in [0.25, 0.3) is 11.3 Å². The molecule has 2 heterocycles. The van der Waals surface area contributed by atoms with Gasteiger partial charge in [0.15, 0.2) is 0 Å². The van der Waals surface area contributed by atoms with Crippen LogP contribution in [0.1, 0.15) is 40.2 Å². The Hall–Kier alpha value is -2.99. The molecule has 0 bridgehead atoms. The molecule has 1 aromatic heterocycles. The molecular weight excluding hydrogens is 357 g/mol. The Morgan fingerprint density at radius 3 is 2.64 bits per heavy atom. The summed E-state index contributed by atoms with van der Waals surface area (Å²) >= 11 is 0. The van der Waals surface area contributed by atoms with E-state index < -0.39 is 5.97 Å². The zero-order chi connectivity index (χ0) is 19.5. The minimum absolute atomic E-state index is 0.252. The van der Waals surface area contributed by atoms with Crippen LogP contribution in [0, 0.1) is 5.82 Å². The highest BCUT2D eigenvalue weighted by Crippen LogP contribution is 2.29. The number of piperidine rings is 1. The minimum Gasteiger partial charge on any atom is -0.478 e. The van der Waals surface area contributed by atoms with Crippen LogP contribution in [-0.4, -0.2) is 39.3 Å². The highest BCUT2D eigenvalue weighted by molar-refractivity contribution is 5.87. The van der Waals surface area contributed by atoms with Crippen molar-refractivity contribution in [3.05, 3.63) is 77.2 Å². The van der Waals surface area contributed by atoms with Gasteiger partial charge in [-0.1, -0.05) is 12.1 Å². The highest BCUT2D eigenvalue weighted by Gasteiger charge is 2.23. The third-order valence-electron chi connectivity index (χ3n) is 5.38. The second-order valence-electron chi connectivity index (χ2n) is 7.28. The van der Waals surface area contributed by atoms with Crippen LogP contribution in [0.3, 0.4) is 0 Å². The van der Waals surface area contributed by atoms with Crippen molar-refractivity contribution in [2.45, 2.75) is 25.3 Å². The summed E-state index contributed by atoms with van der Waals surface area (Å²) in [6.07, 6.45) is 4.03. The van der Waals surface area contributed by atoms with Gasteiger partial charge in [-0.15, -0.1) is 0 Å². The van der Waals surface area contributed by atoms with E-state index in [1.165, 1.54) is 17.7 Å². The number of nitrogens with zero attached hydrogens (tertiary/aromatic N) is 2. The lowest BCUT2D eigenvalue weighted by atomic mass is 9.90.